The molecule has 3 heterocycles. The highest BCUT2D eigenvalue weighted by Crippen LogP contribution is 2.38. The van der Waals surface area contributed by atoms with Crippen molar-refractivity contribution in [1.29, 1.82) is 0 Å². The van der Waals surface area contributed by atoms with E-state index in [2.05, 4.69) is 47.7 Å². The average molecular weight is 399 g/mol. The Morgan fingerprint density at radius 1 is 1.21 bits per heavy atom. The fraction of sp³-hybridized carbons (Fsp3) is 0.727. The lowest BCUT2D eigenvalue weighted by Crippen LogP contribution is -2.39. The first-order valence-corrected chi connectivity index (χ1v) is 11.1. The van der Waals surface area contributed by atoms with Crippen LogP contribution in [-0.2, 0) is 17.8 Å². The molecule has 1 amide bonds. The van der Waals surface area contributed by atoms with Crippen molar-refractivity contribution in [2.24, 2.45) is 5.92 Å². The van der Waals surface area contributed by atoms with Gasteiger partial charge in [-0.3, -0.25) is 14.6 Å². The van der Waals surface area contributed by atoms with Gasteiger partial charge in [0.25, 0.3) is 0 Å². The molecule has 2 aliphatic rings. The van der Waals surface area contributed by atoms with Gasteiger partial charge in [0.2, 0.25) is 5.91 Å². The quantitative estimate of drug-likeness (QED) is 0.774. The molecule has 158 valence electrons. The molecule has 1 aliphatic heterocycles. The Balaban J connectivity index is 1.35. The minimum atomic E-state index is 0.239. The Kier molecular flexibility index (Phi) is 5.74. The maximum Gasteiger partial charge on any atom is 0.222 e. The largest absolute Gasteiger partial charge is 0.342 e. The third kappa shape index (κ3) is 4.54. The van der Waals surface area contributed by atoms with E-state index < -0.39 is 0 Å². The molecule has 1 saturated carbocycles. The van der Waals surface area contributed by atoms with Gasteiger partial charge in [0, 0.05) is 43.6 Å². The van der Waals surface area contributed by atoms with Crippen LogP contribution in [0.3, 0.4) is 0 Å². The topological polar surface area (TPSA) is 79.7 Å². The molecule has 0 radical (unpaired) electrons. The second-order valence-electron chi connectivity index (χ2n) is 9.26. The summed E-state index contributed by atoms with van der Waals surface area (Å²) in [5.74, 6) is 3.57. The van der Waals surface area contributed by atoms with Crippen LogP contribution in [0, 0.1) is 19.8 Å². The molecule has 7 nitrogen and oxygen atoms in total. The van der Waals surface area contributed by atoms with E-state index in [0.717, 1.165) is 56.2 Å². The van der Waals surface area contributed by atoms with Crippen LogP contribution in [0.15, 0.2) is 0 Å². The molecular weight excluding hydrogens is 364 g/mol. The molecule has 1 unspecified atom stereocenters. The Hall–Kier alpha value is -2.18. The number of hydrogen-bond donors (Lipinski definition) is 1. The number of piperidine rings is 1. The van der Waals surface area contributed by atoms with Gasteiger partial charge in [-0.1, -0.05) is 13.8 Å². The van der Waals surface area contributed by atoms with E-state index in [4.69, 9.17) is 4.98 Å². The van der Waals surface area contributed by atoms with Crippen LogP contribution in [-0.4, -0.2) is 48.9 Å². The maximum absolute atomic E-state index is 12.9. The van der Waals surface area contributed by atoms with Crippen LogP contribution in [0.25, 0.3) is 0 Å². The van der Waals surface area contributed by atoms with Crippen LogP contribution in [0.5, 0.6) is 0 Å². The SMILES string of the molecule is Cc1nn(CC(C)C)c(C)c1CCC(=O)N1CCCC(c2n[nH]c(C3CC3)n2)C1. The molecular formula is C22H34N6O. The minimum absolute atomic E-state index is 0.239. The lowest BCUT2D eigenvalue weighted by Gasteiger charge is -2.31. The van der Waals surface area contributed by atoms with Crippen LogP contribution < -0.4 is 0 Å². The minimum Gasteiger partial charge on any atom is -0.342 e. The summed E-state index contributed by atoms with van der Waals surface area (Å²) in [4.78, 5) is 19.7. The van der Waals surface area contributed by atoms with E-state index in [9.17, 15) is 4.79 Å². The third-order valence-corrected chi connectivity index (χ3v) is 6.28. The summed E-state index contributed by atoms with van der Waals surface area (Å²) in [5, 5.41) is 12.2. The zero-order valence-corrected chi connectivity index (χ0v) is 18.2. The highest BCUT2D eigenvalue weighted by atomic mass is 16.2. The summed E-state index contributed by atoms with van der Waals surface area (Å²) < 4.78 is 2.09. The van der Waals surface area contributed by atoms with Gasteiger partial charge in [0.1, 0.15) is 5.82 Å². The van der Waals surface area contributed by atoms with E-state index in [-0.39, 0.29) is 11.8 Å². The average Bonchev–Trinajstić information content (AvgIpc) is 3.36. The molecule has 1 saturated heterocycles. The number of carbonyl (C=O) groups excluding carboxylic acids is 1. The van der Waals surface area contributed by atoms with Gasteiger partial charge in [-0.25, -0.2) is 4.98 Å². The monoisotopic (exact) mass is 398 g/mol. The van der Waals surface area contributed by atoms with E-state index in [1.807, 2.05) is 4.90 Å². The Bertz CT molecular complexity index is 863. The van der Waals surface area contributed by atoms with Crippen molar-refractivity contribution in [1.82, 2.24) is 29.9 Å². The van der Waals surface area contributed by atoms with E-state index >= 15 is 0 Å². The second kappa shape index (κ2) is 8.28. The Morgan fingerprint density at radius 2 is 2.00 bits per heavy atom. The van der Waals surface area contributed by atoms with Crippen LogP contribution in [0.1, 0.15) is 86.4 Å². The van der Waals surface area contributed by atoms with Gasteiger partial charge in [-0.2, -0.15) is 10.2 Å². The molecule has 7 heteroatoms. The number of H-pyrrole nitrogens is 1. The highest BCUT2D eigenvalue weighted by Gasteiger charge is 2.31. The fourth-order valence-corrected chi connectivity index (χ4v) is 4.43. The summed E-state index contributed by atoms with van der Waals surface area (Å²) >= 11 is 0. The van der Waals surface area contributed by atoms with Gasteiger partial charge in [-0.15, -0.1) is 0 Å². The molecule has 2 aromatic heterocycles. The van der Waals surface area contributed by atoms with Gasteiger partial charge in [-0.05, 0) is 57.4 Å². The summed E-state index contributed by atoms with van der Waals surface area (Å²) in [5.41, 5.74) is 3.49. The van der Waals surface area contributed by atoms with E-state index in [0.29, 0.717) is 18.3 Å². The molecule has 1 atom stereocenters. The second-order valence-corrected chi connectivity index (χ2v) is 9.26. The summed E-state index contributed by atoms with van der Waals surface area (Å²) in [6.07, 6.45) is 5.83. The lowest BCUT2D eigenvalue weighted by atomic mass is 9.96. The number of aryl methyl sites for hydroxylation is 1. The molecule has 1 aliphatic carbocycles. The fourth-order valence-electron chi connectivity index (χ4n) is 4.43. The number of nitrogens with one attached hydrogen (secondary N) is 1. The lowest BCUT2D eigenvalue weighted by molar-refractivity contribution is -0.132. The molecule has 1 N–H and O–H groups in total. The van der Waals surface area contributed by atoms with Crippen molar-refractivity contribution >= 4 is 5.91 Å². The number of nitrogens with zero attached hydrogens (tertiary/aromatic N) is 5. The van der Waals surface area contributed by atoms with Gasteiger partial charge < -0.3 is 4.90 Å². The third-order valence-electron chi connectivity index (χ3n) is 6.28. The van der Waals surface area contributed by atoms with E-state index in [1.54, 1.807) is 0 Å². The standard InChI is InChI=1S/C22H34N6O/c1-14(2)12-28-16(4)19(15(3)26-28)9-10-20(29)27-11-5-6-18(13-27)22-23-21(24-25-22)17-7-8-17/h14,17-18H,5-13H2,1-4H3,(H,23,24,25). The molecule has 2 fully saturated rings. The first-order chi connectivity index (χ1) is 13.9. The maximum atomic E-state index is 12.9. The Morgan fingerprint density at radius 3 is 2.72 bits per heavy atom. The molecule has 4 rings (SSSR count). The number of likely N-dealkylation sites (tertiary alicyclic amines) is 1. The normalized spacial score (nSPS) is 19.9. The van der Waals surface area contributed by atoms with Crippen LogP contribution in [0.4, 0.5) is 0 Å². The highest BCUT2D eigenvalue weighted by molar-refractivity contribution is 5.76. The molecule has 0 spiro atoms. The molecule has 0 bridgehead atoms. The van der Waals surface area contributed by atoms with Gasteiger partial charge in [0.05, 0.1) is 5.69 Å². The summed E-state index contributed by atoms with van der Waals surface area (Å²) in [6, 6.07) is 0. The van der Waals surface area contributed by atoms with Crippen molar-refractivity contribution in [3.8, 4) is 0 Å². The van der Waals surface area contributed by atoms with Crippen molar-refractivity contribution in [3.63, 3.8) is 0 Å². The number of amides is 1. The molecule has 0 aromatic carbocycles. The smallest absolute Gasteiger partial charge is 0.222 e. The first kappa shape index (κ1) is 20.1. The Labute approximate surface area is 173 Å². The van der Waals surface area contributed by atoms with Gasteiger partial charge in [0.15, 0.2) is 5.82 Å². The summed E-state index contributed by atoms with van der Waals surface area (Å²) in [6.45, 7) is 11.1. The van der Waals surface area contributed by atoms with Crippen molar-refractivity contribution in [2.75, 3.05) is 13.1 Å². The predicted octanol–water partition coefficient (Wildman–Crippen LogP) is 3.49. The first-order valence-electron chi connectivity index (χ1n) is 11.1. The molecule has 29 heavy (non-hydrogen) atoms. The van der Waals surface area contributed by atoms with Gasteiger partial charge >= 0.3 is 0 Å². The van der Waals surface area contributed by atoms with Crippen molar-refractivity contribution in [3.05, 3.63) is 28.6 Å². The molecule has 2 aromatic rings. The predicted molar refractivity (Wildman–Crippen MR) is 112 cm³/mol. The van der Waals surface area contributed by atoms with Crippen LogP contribution in [0.2, 0.25) is 0 Å². The van der Waals surface area contributed by atoms with Crippen molar-refractivity contribution < 1.29 is 4.79 Å². The zero-order chi connectivity index (χ0) is 20.5. The number of hydrogen-bond acceptors (Lipinski definition) is 4. The van der Waals surface area contributed by atoms with Crippen LogP contribution >= 0.6 is 0 Å². The van der Waals surface area contributed by atoms with E-state index in [1.165, 1.54) is 24.1 Å². The zero-order valence-electron chi connectivity index (χ0n) is 18.2. The number of aromatic amines is 1. The number of carbonyl (C=O) groups is 1. The summed E-state index contributed by atoms with van der Waals surface area (Å²) in [7, 11) is 0. The van der Waals surface area contributed by atoms with Crippen molar-refractivity contribution in [2.45, 2.75) is 84.6 Å². The number of rotatable bonds is 7. The number of aromatic nitrogens is 5.